The Balaban J connectivity index is 2.09. The van der Waals surface area contributed by atoms with Gasteiger partial charge in [0.1, 0.15) is 11.2 Å². The second-order valence-electron chi connectivity index (χ2n) is 7.17. The number of benzene rings is 2. The first-order valence-electron chi connectivity index (χ1n) is 9.26. The van der Waals surface area contributed by atoms with Crippen LogP contribution < -0.4 is 9.46 Å². The van der Waals surface area contributed by atoms with E-state index in [4.69, 9.17) is 4.74 Å². The summed E-state index contributed by atoms with van der Waals surface area (Å²) in [5.41, 5.74) is 3.52. The Morgan fingerprint density at radius 3 is 2.47 bits per heavy atom. The van der Waals surface area contributed by atoms with Crippen LogP contribution in [0.3, 0.4) is 0 Å². The van der Waals surface area contributed by atoms with Crippen molar-refractivity contribution in [2.45, 2.75) is 18.9 Å². The Morgan fingerprint density at radius 1 is 1.23 bits per heavy atom. The minimum absolute atomic E-state index is 0.217. The topological polar surface area (TPSA) is 71.5 Å². The Labute approximate surface area is 178 Å². The predicted octanol–water partition coefficient (Wildman–Crippen LogP) is 3.82. The lowest BCUT2D eigenvalue weighted by molar-refractivity contribution is 0.324. The Morgan fingerprint density at radius 2 is 1.90 bits per heavy atom. The van der Waals surface area contributed by atoms with E-state index < -0.39 is 15.6 Å². The van der Waals surface area contributed by atoms with Crippen LogP contribution in [0.1, 0.15) is 18.1 Å². The molecule has 0 aliphatic rings. The van der Waals surface area contributed by atoms with Gasteiger partial charge < -0.3 is 4.74 Å². The van der Waals surface area contributed by atoms with Crippen molar-refractivity contribution in [1.29, 1.82) is 0 Å². The van der Waals surface area contributed by atoms with E-state index in [2.05, 4.69) is 18.9 Å². The van der Waals surface area contributed by atoms with Gasteiger partial charge in [-0.2, -0.15) is 12.7 Å². The molecule has 1 aromatic heterocycles. The van der Waals surface area contributed by atoms with Crippen molar-refractivity contribution < 1.29 is 17.5 Å². The van der Waals surface area contributed by atoms with E-state index in [1.54, 1.807) is 13.3 Å². The minimum Gasteiger partial charge on any atom is -0.497 e. The van der Waals surface area contributed by atoms with Crippen LogP contribution in [0.25, 0.3) is 22.0 Å². The SMILES string of the molecule is CNS(=O)(=O)N(C)Cc1ccc(-c2c(C(C)(F)P)cnc3cc(OC)ccc23)cc1. The molecule has 1 heterocycles. The minimum atomic E-state index is -3.51. The summed E-state index contributed by atoms with van der Waals surface area (Å²) >= 11 is 0. The lowest BCUT2D eigenvalue weighted by Gasteiger charge is -2.21. The number of pyridine rings is 1. The van der Waals surface area contributed by atoms with E-state index >= 15 is 0 Å². The number of hydrogen-bond acceptors (Lipinski definition) is 4. The largest absolute Gasteiger partial charge is 0.497 e. The molecule has 0 spiro atoms. The second-order valence-corrected chi connectivity index (χ2v) is 10.2. The predicted molar refractivity (Wildman–Crippen MR) is 121 cm³/mol. The summed E-state index contributed by atoms with van der Waals surface area (Å²) in [4.78, 5) is 4.42. The van der Waals surface area contributed by atoms with E-state index in [0.29, 0.717) is 16.8 Å². The number of nitrogens with zero attached hydrogens (tertiary/aromatic N) is 2. The van der Waals surface area contributed by atoms with Crippen molar-refractivity contribution in [3.63, 3.8) is 0 Å². The molecule has 0 aliphatic carbocycles. The van der Waals surface area contributed by atoms with Crippen molar-refractivity contribution in [2.24, 2.45) is 0 Å². The molecule has 0 radical (unpaired) electrons. The molecule has 0 amide bonds. The zero-order valence-electron chi connectivity index (χ0n) is 17.3. The highest BCUT2D eigenvalue weighted by Crippen LogP contribution is 2.42. The summed E-state index contributed by atoms with van der Waals surface area (Å²) in [7, 11) is 3.17. The van der Waals surface area contributed by atoms with Gasteiger partial charge in [0.15, 0.2) is 0 Å². The molecule has 3 rings (SSSR count). The van der Waals surface area contributed by atoms with Crippen molar-refractivity contribution in [2.75, 3.05) is 21.2 Å². The number of methoxy groups -OCH3 is 1. The smallest absolute Gasteiger partial charge is 0.279 e. The lowest BCUT2D eigenvalue weighted by Crippen LogP contribution is -2.35. The number of fused-ring (bicyclic) bond motifs is 1. The van der Waals surface area contributed by atoms with E-state index in [9.17, 15) is 12.8 Å². The fourth-order valence-corrected chi connectivity index (χ4v) is 4.11. The second kappa shape index (κ2) is 8.55. The molecule has 2 unspecified atom stereocenters. The third kappa shape index (κ3) is 4.62. The molecule has 2 atom stereocenters. The van der Waals surface area contributed by atoms with Gasteiger partial charge in [-0.1, -0.05) is 33.5 Å². The number of ether oxygens (including phenoxy) is 1. The van der Waals surface area contributed by atoms with Crippen molar-refractivity contribution in [1.82, 2.24) is 14.0 Å². The van der Waals surface area contributed by atoms with Gasteiger partial charge >= 0.3 is 0 Å². The highest BCUT2D eigenvalue weighted by molar-refractivity contribution is 7.87. The average molecular weight is 449 g/mol. The van der Waals surface area contributed by atoms with E-state index in [1.165, 1.54) is 25.3 Å². The van der Waals surface area contributed by atoms with Crippen LogP contribution in [0.4, 0.5) is 4.39 Å². The van der Waals surface area contributed by atoms with Crippen molar-refractivity contribution in [3.8, 4) is 16.9 Å². The molecular formula is C21H25FN3O3PS. The Hall–Kier alpha value is -2.12. The van der Waals surface area contributed by atoms with Gasteiger partial charge in [-0.15, -0.1) is 0 Å². The van der Waals surface area contributed by atoms with Crippen molar-refractivity contribution in [3.05, 3.63) is 59.8 Å². The standard InChI is InChI=1S/C21H25FN3O3PS/c1-21(22,29)18-12-24-19-11-16(28-4)9-10-17(19)20(18)15-7-5-14(6-8-15)13-25(3)30(26,27)23-2/h5-12,23H,13,29H2,1-4H3. The molecule has 0 saturated carbocycles. The lowest BCUT2D eigenvalue weighted by atomic mass is 9.93. The van der Waals surface area contributed by atoms with Gasteiger partial charge in [0.2, 0.25) is 0 Å². The number of nitrogens with one attached hydrogen (secondary N) is 1. The fourth-order valence-electron chi connectivity index (χ4n) is 3.26. The van der Waals surface area contributed by atoms with Gasteiger partial charge in [-0.3, -0.25) is 4.98 Å². The molecular weight excluding hydrogens is 424 g/mol. The molecule has 0 fully saturated rings. The van der Waals surface area contributed by atoms with Gasteiger partial charge in [-0.25, -0.2) is 9.11 Å². The monoisotopic (exact) mass is 449 g/mol. The molecule has 0 saturated heterocycles. The van der Waals surface area contributed by atoms with Crippen LogP contribution in [0.15, 0.2) is 48.7 Å². The number of aromatic nitrogens is 1. The summed E-state index contributed by atoms with van der Waals surface area (Å²) in [6.45, 7) is 1.69. The number of hydrogen-bond donors (Lipinski definition) is 1. The van der Waals surface area contributed by atoms with Crippen LogP contribution in [-0.4, -0.2) is 38.9 Å². The third-order valence-corrected chi connectivity index (χ3v) is 6.70. The molecule has 9 heteroatoms. The molecule has 30 heavy (non-hydrogen) atoms. The van der Waals surface area contributed by atoms with Crippen LogP contribution in [-0.2, 0) is 22.2 Å². The van der Waals surface area contributed by atoms with E-state index in [0.717, 1.165) is 22.1 Å². The molecule has 0 aliphatic heterocycles. The summed E-state index contributed by atoms with van der Waals surface area (Å²) in [6.07, 6.45) is 1.55. The molecule has 6 nitrogen and oxygen atoms in total. The first kappa shape index (κ1) is 22.6. The maximum atomic E-state index is 15.0. The first-order valence-corrected chi connectivity index (χ1v) is 11.3. The normalized spacial score (nSPS) is 14.1. The number of halogens is 1. The third-order valence-electron chi connectivity index (χ3n) is 4.92. The van der Waals surface area contributed by atoms with Gasteiger partial charge in [0.25, 0.3) is 10.2 Å². The molecule has 1 N–H and O–H groups in total. The average Bonchev–Trinajstić information content (AvgIpc) is 2.72. The fraction of sp³-hybridized carbons (Fsp3) is 0.286. The highest BCUT2D eigenvalue weighted by Gasteiger charge is 2.26. The van der Waals surface area contributed by atoms with Gasteiger partial charge in [0, 0.05) is 43.9 Å². The zero-order chi connectivity index (χ0) is 22.1. The van der Waals surface area contributed by atoms with Crippen LogP contribution in [0, 0.1) is 0 Å². The van der Waals surface area contributed by atoms with Crippen LogP contribution in [0.2, 0.25) is 0 Å². The molecule has 3 aromatic rings. The number of rotatable bonds is 7. The quantitative estimate of drug-likeness (QED) is 0.557. The summed E-state index contributed by atoms with van der Waals surface area (Å²) in [6, 6.07) is 12.9. The van der Waals surface area contributed by atoms with Crippen molar-refractivity contribution >= 4 is 30.4 Å². The molecule has 0 bridgehead atoms. The highest BCUT2D eigenvalue weighted by atomic mass is 32.2. The van der Waals surface area contributed by atoms with Gasteiger partial charge in [-0.05, 0) is 35.7 Å². The Bertz CT molecular complexity index is 1160. The summed E-state index contributed by atoms with van der Waals surface area (Å²) < 4.78 is 47.6. The number of alkyl halides is 1. The Kier molecular flexibility index (Phi) is 6.43. The van der Waals surface area contributed by atoms with E-state index in [1.807, 2.05) is 42.5 Å². The summed E-state index contributed by atoms with van der Waals surface area (Å²) in [5.74, 6) is 0.673. The van der Waals surface area contributed by atoms with Gasteiger partial charge in [0.05, 0.1) is 12.6 Å². The molecule has 160 valence electrons. The molecule has 2 aromatic carbocycles. The van der Waals surface area contributed by atoms with E-state index in [-0.39, 0.29) is 6.54 Å². The maximum absolute atomic E-state index is 15.0. The van der Waals surface area contributed by atoms with Crippen LogP contribution in [0.5, 0.6) is 5.75 Å². The zero-order valence-corrected chi connectivity index (χ0v) is 19.3. The van der Waals surface area contributed by atoms with Crippen LogP contribution >= 0.6 is 9.24 Å². The summed E-state index contributed by atoms with van der Waals surface area (Å²) in [5, 5.41) is -0.863. The maximum Gasteiger partial charge on any atom is 0.279 e. The first-order chi connectivity index (χ1) is 14.1.